The van der Waals surface area contributed by atoms with E-state index >= 15 is 0 Å². The van der Waals surface area contributed by atoms with Crippen LogP contribution in [0, 0.1) is 0 Å². The van der Waals surface area contributed by atoms with Gasteiger partial charge in [0.05, 0.1) is 13.2 Å². The Kier molecular flexibility index (Phi) is 12.8. The van der Waals surface area contributed by atoms with Crippen LogP contribution in [-0.4, -0.2) is 50.6 Å². The zero-order valence-electron chi connectivity index (χ0n) is 14.3. The molecular weight excluding hydrogens is 288 g/mol. The van der Waals surface area contributed by atoms with E-state index in [1.54, 1.807) is 0 Å². The molecule has 6 heteroatoms. The van der Waals surface area contributed by atoms with Gasteiger partial charge in [-0.2, -0.15) is 0 Å². The smallest absolute Gasteiger partial charge is 0.338 e. The largest absolute Gasteiger partial charge is 0.464 e. The van der Waals surface area contributed by atoms with Crippen LogP contribution in [0.25, 0.3) is 0 Å². The summed E-state index contributed by atoms with van der Waals surface area (Å²) in [6.07, 6.45) is 0.689. The summed E-state index contributed by atoms with van der Waals surface area (Å²) < 4.78 is 21.2. The maximum Gasteiger partial charge on any atom is 0.338 e. The predicted molar refractivity (Wildman–Crippen MR) is 82.6 cm³/mol. The number of carbonyl (C=O) groups excluding carboxylic acids is 2. The van der Waals surface area contributed by atoms with Crippen LogP contribution in [0.3, 0.4) is 0 Å². The third-order valence-corrected chi connectivity index (χ3v) is 2.64. The fourth-order valence-corrected chi connectivity index (χ4v) is 1.62. The molecule has 0 N–H and O–H groups in total. The summed E-state index contributed by atoms with van der Waals surface area (Å²) in [5.74, 6) is -1.16. The number of rotatable bonds is 13. The maximum atomic E-state index is 12.2. The van der Waals surface area contributed by atoms with Crippen molar-refractivity contribution in [2.24, 2.45) is 0 Å². The standard InChI is InChI=1S/C16H30O6/c1-5-9-19-13(15(17)21-11-7-3)14(20-10-6-2)16(18)22-12-8-4/h13-14H,5-12H2,1-4H3. The topological polar surface area (TPSA) is 71.1 Å². The van der Waals surface area contributed by atoms with Gasteiger partial charge in [-0.05, 0) is 25.7 Å². The van der Waals surface area contributed by atoms with Gasteiger partial charge in [0.15, 0.2) is 12.2 Å². The Morgan fingerprint density at radius 3 is 1.23 bits per heavy atom. The molecule has 6 nitrogen and oxygen atoms in total. The van der Waals surface area contributed by atoms with E-state index in [2.05, 4.69) is 0 Å². The van der Waals surface area contributed by atoms with Crippen molar-refractivity contribution in [3.05, 3.63) is 0 Å². The summed E-state index contributed by atoms with van der Waals surface area (Å²) in [6, 6.07) is 0. The SMILES string of the molecule is CCCOC(=O)C(OCCC)C(OCCC)C(=O)OCCC. The normalized spacial score (nSPS) is 13.5. The van der Waals surface area contributed by atoms with Crippen LogP contribution >= 0.6 is 0 Å². The quantitative estimate of drug-likeness (QED) is 0.486. The molecule has 0 aliphatic rings. The molecular formula is C16H30O6. The van der Waals surface area contributed by atoms with Gasteiger partial charge in [0.25, 0.3) is 0 Å². The van der Waals surface area contributed by atoms with Crippen LogP contribution in [-0.2, 0) is 28.5 Å². The average Bonchev–Trinajstić information content (AvgIpc) is 2.53. The first-order valence-corrected chi connectivity index (χ1v) is 8.18. The van der Waals surface area contributed by atoms with Gasteiger partial charge < -0.3 is 18.9 Å². The third kappa shape index (κ3) is 8.34. The molecule has 0 bridgehead atoms. The van der Waals surface area contributed by atoms with Crippen LogP contribution < -0.4 is 0 Å². The van der Waals surface area contributed by atoms with Gasteiger partial charge in [-0.15, -0.1) is 0 Å². The monoisotopic (exact) mass is 318 g/mol. The number of ether oxygens (including phenoxy) is 4. The molecule has 0 aliphatic carbocycles. The second-order valence-corrected chi connectivity index (χ2v) is 4.92. The Morgan fingerprint density at radius 1 is 0.636 bits per heavy atom. The second kappa shape index (κ2) is 13.5. The summed E-state index contributed by atoms with van der Waals surface area (Å²) in [4.78, 5) is 24.3. The summed E-state index contributed by atoms with van der Waals surface area (Å²) in [6.45, 7) is 8.91. The van der Waals surface area contributed by atoms with Gasteiger partial charge in [-0.25, -0.2) is 9.59 Å². The molecule has 22 heavy (non-hydrogen) atoms. The fraction of sp³-hybridized carbons (Fsp3) is 0.875. The molecule has 0 fully saturated rings. The highest BCUT2D eigenvalue weighted by molar-refractivity contribution is 5.85. The van der Waals surface area contributed by atoms with Crippen molar-refractivity contribution in [1.29, 1.82) is 0 Å². The summed E-state index contributed by atoms with van der Waals surface area (Å²) in [5, 5.41) is 0. The van der Waals surface area contributed by atoms with Crippen molar-refractivity contribution < 1.29 is 28.5 Å². The molecule has 0 saturated carbocycles. The summed E-state index contributed by atoms with van der Waals surface area (Å²) in [7, 11) is 0. The first kappa shape index (κ1) is 20.9. The van der Waals surface area contributed by atoms with E-state index in [1.165, 1.54) is 0 Å². The van der Waals surface area contributed by atoms with E-state index in [0.29, 0.717) is 26.1 Å². The molecule has 0 aromatic carbocycles. The summed E-state index contributed by atoms with van der Waals surface area (Å²) >= 11 is 0. The third-order valence-electron chi connectivity index (χ3n) is 2.64. The molecule has 130 valence electrons. The maximum absolute atomic E-state index is 12.2. The predicted octanol–water partition coefficient (Wildman–Crippen LogP) is 2.48. The van der Waals surface area contributed by atoms with Gasteiger partial charge in [0, 0.05) is 13.2 Å². The van der Waals surface area contributed by atoms with Crippen LogP contribution in [0.5, 0.6) is 0 Å². The first-order chi connectivity index (χ1) is 10.6. The lowest BCUT2D eigenvalue weighted by Gasteiger charge is -2.24. The molecule has 0 amide bonds. The van der Waals surface area contributed by atoms with E-state index in [-0.39, 0.29) is 13.2 Å². The molecule has 0 saturated heterocycles. The van der Waals surface area contributed by atoms with E-state index in [9.17, 15) is 9.59 Å². The van der Waals surface area contributed by atoms with Crippen LogP contribution in [0.15, 0.2) is 0 Å². The fourth-order valence-electron chi connectivity index (χ4n) is 1.62. The molecule has 0 heterocycles. The Bertz CT molecular complexity index is 275. The molecule has 0 rings (SSSR count). The highest BCUT2D eigenvalue weighted by atomic mass is 16.6. The van der Waals surface area contributed by atoms with Crippen LogP contribution in [0.1, 0.15) is 53.4 Å². The van der Waals surface area contributed by atoms with Crippen molar-refractivity contribution in [2.45, 2.75) is 65.6 Å². The Labute approximate surface area is 133 Å². The van der Waals surface area contributed by atoms with E-state index in [1.807, 2.05) is 27.7 Å². The average molecular weight is 318 g/mol. The second-order valence-electron chi connectivity index (χ2n) is 4.92. The minimum Gasteiger partial charge on any atom is -0.464 e. The molecule has 0 aromatic heterocycles. The van der Waals surface area contributed by atoms with Gasteiger partial charge in [-0.3, -0.25) is 0 Å². The van der Waals surface area contributed by atoms with Crippen LogP contribution in [0.2, 0.25) is 0 Å². The van der Waals surface area contributed by atoms with E-state index in [0.717, 1.165) is 12.8 Å². The molecule has 0 aliphatic heterocycles. The van der Waals surface area contributed by atoms with Crippen LogP contribution in [0.4, 0.5) is 0 Å². The van der Waals surface area contributed by atoms with Gasteiger partial charge >= 0.3 is 11.9 Å². The summed E-state index contributed by atoms with van der Waals surface area (Å²) in [5.41, 5.74) is 0. The lowest BCUT2D eigenvalue weighted by Crippen LogP contribution is -2.46. The van der Waals surface area contributed by atoms with Gasteiger partial charge in [-0.1, -0.05) is 27.7 Å². The minimum absolute atomic E-state index is 0.287. The Hall–Kier alpha value is -1.14. The number of carbonyl (C=O) groups is 2. The molecule has 0 spiro atoms. The van der Waals surface area contributed by atoms with Crippen molar-refractivity contribution in [3.63, 3.8) is 0 Å². The Balaban J connectivity index is 4.96. The zero-order chi connectivity index (χ0) is 16.8. The number of esters is 2. The molecule has 0 radical (unpaired) electrons. The highest BCUT2D eigenvalue weighted by Gasteiger charge is 2.38. The molecule has 2 unspecified atom stereocenters. The van der Waals surface area contributed by atoms with Crippen molar-refractivity contribution in [1.82, 2.24) is 0 Å². The lowest BCUT2D eigenvalue weighted by molar-refractivity contribution is -0.183. The number of hydrogen-bond acceptors (Lipinski definition) is 6. The zero-order valence-corrected chi connectivity index (χ0v) is 14.3. The van der Waals surface area contributed by atoms with Gasteiger partial charge in [0.1, 0.15) is 0 Å². The molecule has 0 aromatic rings. The van der Waals surface area contributed by atoms with E-state index in [4.69, 9.17) is 18.9 Å². The molecule has 2 atom stereocenters. The van der Waals surface area contributed by atoms with Crippen molar-refractivity contribution in [3.8, 4) is 0 Å². The first-order valence-electron chi connectivity index (χ1n) is 8.18. The van der Waals surface area contributed by atoms with Crippen molar-refractivity contribution in [2.75, 3.05) is 26.4 Å². The van der Waals surface area contributed by atoms with E-state index < -0.39 is 24.1 Å². The lowest BCUT2D eigenvalue weighted by atomic mass is 10.2. The van der Waals surface area contributed by atoms with Crippen molar-refractivity contribution >= 4 is 11.9 Å². The highest BCUT2D eigenvalue weighted by Crippen LogP contribution is 2.11. The van der Waals surface area contributed by atoms with Gasteiger partial charge in [0.2, 0.25) is 0 Å². The Morgan fingerprint density at radius 2 is 0.955 bits per heavy atom. The number of hydrogen-bond donors (Lipinski definition) is 0. The minimum atomic E-state index is -1.08.